The van der Waals surface area contributed by atoms with Gasteiger partial charge in [0.05, 0.1) is 25.0 Å². The zero-order valence-corrected chi connectivity index (χ0v) is 17.4. The fraction of sp³-hybridized carbons (Fsp3) is 0.444. The molecule has 1 fully saturated rings. The minimum atomic E-state index is -5.26. The lowest BCUT2D eigenvalue weighted by Gasteiger charge is -2.38. The van der Waals surface area contributed by atoms with Crippen LogP contribution < -0.4 is 15.4 Å². The van der Waals surface area contributed by atoms with E-state index in [9.17, 15) is 22.8 Å². The first kappa shape index (κ1) is 22.7. The van der Waals surface area contributed by atoms with Crippen molar-refractivity contribution < 1.29 is 32.3 Å². The summed E-state index contributed by atoms with van der Waals surface area (Å²) in [6.45, 7) is 2.42. The third-order valence-electron chi connectivity index (χ3n) is 4.59. The summed E-state index contributed by atoms with van der Waals surface area (Å²) in [6, 6.07) is 2.96. The molecule has 168 valence electrons. The van der Waals surface area contributed by atoms with Crippen LogP contribution in [-0.4, -0.2) is 58.8 Å². The van der Waals surface area contributed by atoms with E-state index in [1.165, 1.54) is 13.3 Å². The summed E-state index contributed by atoms with van der Waals surface area (Å²) in [5.74, 6) is -2.51. The second kappa shape index (κ2) is 9.47. The van der Waals surface area contributed by atoms with Gasteiger partial charge >= 0.3 is 18.2 Å². The van der Waals surface area contributed by atoms with Crippen LogP contribution in [0.2, 0.25) is 0 Å². The fourth-order valence-electron chi connectivity index (χ4n) is 3.14. The number of pyridine rings is 1. The largest absolute Gasteiger partial charge is 0.495 e. The molecule has 2 aromatic heterocycles. The average molecular weight is 459 g/mol. The highest BCUT2D eigenvalue weighted by Gasteiger charge is 2.46. The molecule has 0 aromatic carbocycles. The van der Waals surface area contributed by atoms with E-state index in [4.69, 9.17) is 4.74 Å². The van der Waals surface area contributed by atoms with E-state index < -0.39 is 30.1 Å². The van der Waals surface area contributed by atoms with E-state index in [0.717, 1.165) is 11.5 Å². The third-order valence-corrected chi connectivity index (χ3v) is 5.39. The van der Waals surface area contributed by atoms with Crippen molar-refractivity contribution in [3.8, 4) is 5.75 Å². The first-order valence-electron chi connectivity index (χ1n) is 9.22. The molecule has 9 nitrogen and oxygen atoms in total. The van der Waals surface area contributed by atoms with Gasteiger partial charge in [-0.2, -0.15) is 17.5 Å². The van der Waals surface area contributed by atoms with Crippen molar-refractivity contribution in [3.63, 3.8) is 0 Å². The van der Waals surface area contributed by atoms with Crippen LogP contribution in [0, 0.1) is 6.92 Å². The van der Waals surface area contributed by atoms with Gasteiger partial charge in [0.15, 0.2) is 0 Å². The highest BCUT2D eigenvalue weighted by atomic mass is 32.1. The first-order valence-corrected chi connectivity index (χ1v) is 9.99. The Hall–Kier alpha value is -2.93. The Bertz CT molecular complexity index is 922. The molecule has 1 aliphatic heterocycles. The van der Waals surface area contributed by atoms with Crippen molar-refractivity contribution in [3.05, 3.63) is 35.8 Å². The van der Waals surface area contributed by atoms with Crippen LogP contribution in [0.5, 0.6) is 5.75 Å². The molecule has 2 aromatic rings. The molecular weight excluding hydrogens is 439 g/mol. The van der Waals surface area contributed by atoms with Crippen molar-refractivity contribution in [2.24, 2.45) is 0 Å². The van der Waals surface area contributed by atoms with Crippen LogP contribution in [-0.2, 0) is 9.63 Å². The van der Waals surface area contributed by atoms with E-state index in [2.05, 4.69) is 24.8 Å². The molecule has 0 spiro atoms. The molecule has 0 saturated carbocycles. The number of carbonyl (C=O) groups excluding carboxylic acids is 2. The van der Waals surface area contributed by atoms with Crippen molar-refractivity contribution in [1.29, 1.82) is 0 Å². The van der Waals surface area contributed by atoms with Crippen LogP contribution >= 0.6 is 11.5 Å². The number of hydrogen-bond acceptors (Lipinski definition) is 8. The van der Waals surface area contributed by atoms with Gasteiger partial charge in [0.1, 0.15) is 10.8 Å². The van der Waals surface area contributed by atoms with Gasteiger partial charge in [-0.1, -0.05) is 0 Å². The standard InChI is InChI=1S/C18H20F3N5O4S/c1-10-7-15(31-25-10)24-17(28)26(30-16(27)18(19,20)21)14-5-6-22-9-12(14)13-4-3-11(29-2)8-23-13/h3-4,7-8,12,14,22H,5-6,9H2,1-2H3,(H,24,28). The highest BCUT2D eigenvalue weighted by molar-refractivity contribution is 7.10. The van der Waals surface area contributed by atoms with Crippen molar-refractivity contribution in [2.75, 3.05) is 25.5 Å². The number of nitrogens with zero attached hydrogens (tertiary/aromatic N) is 3. The number of piperidine rings is 1. The SMILES string of the molecule is COc1ccc(C2CNCCC2N(OC(=O)C(F)(F)F)C(=O)Nc2cc(C)ns2)nc1. The number of nitrogens with one attached hydrogen (secondary N) is 2. The smallest absolute Gasteiger partial charge is 0.493 e. The maximum Gasteiger partial charge on any atom is 0.493 e. The van der Waals surface area contributed by atoms with Gasteiger partial charge in [0.25, 0.3) is 0 Å². The van der Waals surface area contributed by atoms with E-state index in [1.807, 2.05) is 0 Å². The number of anilines is 1. The van der Waals surface area contributed by atoms with Gasteiger partial charge in [0, 0.05) is 18.2 Å². The lowest BCUT2D eigenvalue weighted by Crippen LogP contribution is -2.53. The topological polar surface area (TPSA) is 106 Å². The Kier molecular flexibility index (Phi) is 6.95. The Morgan fingerprint density at radius 2 is 2.13 bits per heavy atom. The van der Waals surface area contributed by atoms with E-state index in [1.54, 1.807) is 25.1 Å². The summed E-state index contributed by atoms with van der Waals surface area (Å²) >= 11 is 0.958. The monoisotopic (exact) mass is 459 g/mol. The van der Waals surface area contributed by atoms with Crippen LogP contribution in [0.15, 0.2) is 24.4 Å². The molecule has 2 unspecified atom stereocenters. The van der Waals surface area contributed by atoms with Gasteiger partial charge < -0.3 is 14.9 Å². The Morgan fingerprint density at radius 1 is 1.35 bits per heavy atom. The third kappa shape index (κ3) is 5.61. The molecule has 0 bridgehead atoms. The molecule has 2 amide bonds. The maximum atomic E-state index is 12.9. The van der Waals surface area contributed by atoms with Gasteiger partial charge in [-0.3, -0.25) is 10.3 Å². The summed E-state index contributed by atoms with van der Waals surface area (Å²) in [6.07, 6.45) is -3.56. The summed E-state index contributed by atoms with van der Waals surface area (Å²) < 4.78 is 47.8. The number of hydroxylamine groups is 2. The molecular formula is C18H20F3N5O4S. The van der Waals surface area contributed by atoms with Crippen LogP contribution in [0.3, 0.4) is 0 Å². The van der Waals surface area contributed by atoms with E-state index in [0.29, 0.717) is 40.3 Å². The van der Waals surface area contributed by atoms with Crippen molar-refractivity contribution in [1.82, 2.24) is 19.7 Å². The number of halogens is 3. The Balaban J connectivity index is 1.90. The molecule has 1 aliphatic rings. The molecule has 0 aliphatic carbocycles. The van der Waals surface area contributed by atoms with Gasteiger partial charge in [0.2, 0.25) is 0 Å². The zero-order valence-electron chi connectivity index (χ0n) is 16.6. The molecule has 1 saturated heterocycles. The highest BCUT2D eigenvalue weighted by Crippen LogP contribution is 2.30. The zero-order chi connectivity index (χ0) is 22.6. The summed E-state index contributed by atoms with van der Waals surface area (Å²) in [4.78, 5) is 33.3. The molecule has 31 heavy (non-hydrogen) atoms. The predicted octanol–water partition coefficient (Wildman–Crippen LogP) is 2.86. The number of ether oxygens (including phenoxy) is 1. The van der Waals surface area contributed by atoms with Crippen LogP contribution in [0.1, 0.15) is 23.7 Å². The quantitative estimate of drug-likeness (QED) is 0.678. The number of alkyl halides is 3. The molecule has 13 heteroatoms. The molecule has 3 rings (SSSR count). The van der Waals surface area contributed by atoms with Crippen LogP contribution in [0.25, 0.3) is 0 Å². The number of hydrogen-bond donors (Lipinski definition) is 2. The molecule has 2 atom stereocenters. The fourth-order valence-corrected chi connectivity index (χ4v) is 3.79. The minimum Gasteiger partial charge on any atom is -0.495 e. The van der Waals surface area contributed by atoms with E-state index >= 15 is 0 Å². The Morgan fingerprint density at radius 3 is 2.71 bits per heavy atom. The van der Waals surface area contributed by atoms with Crippen LogP contribution in [0.4, 0.5) is 23.0 Å². The van der Waals surface area contributed by atoms with Crippen molar-refractivity contribution in [2.45, 2.75) is 31.5 Å². The molecule has 3 heterocycles. The number of aryl methyl sites for hydroxylation is 1. The maximum absolute atomic E-state index is 12.9. The number of urea groups is 1. The number of rotatable bonds is 4. The number of amides is 2. The summed E-state index contributed by atoms with van der Waals surface area (Å²) in [5.41, 5.74) is 1.13. The molecule has 0 radical (unpaired) electrons. The number of methoxy groups -OCH3 is 1. The number of aromatic nitrogens is 2. The normalized spacial score (nSPS) is 18.9. The van der Waals surface area contributed by atoms with Gasteiger partial charge in [-0.05, 0) is 49.6 Å². The summed E-state index contributed by atoms with van der Waals surface area (Å²) in [5, 5.41) is 6.34. The predicted molar refractivity (Wildman–Crippen MR) is 105 cm³/mol. The second-order valence-electron chi connectivity index (χ2n) is 6.75. The lowest BCUT2D eigenvalue weighted by atomic mass is 9.89. The van der Waals surface area contributed by atoms with Gasteiger partial charge in [-0.25, -0.2) is 9.59 Å². The molecule has 2 N–H and O–H groups in total. The lowest BCUT2D eigenvalue weighted by molar-refractivity contribution is -0.234. The first-order chi connectivity index (χ1) is 14.7. The minimum absolute atomic E-state index is 0.235. The van der Waals surface area contributed by atoms with Crippen molar-refractivity contribution >= 4 is 28.5 Å². The van der Waals surface area contributed by atoms with Gasteiger partial charge in [-0.15, -0.1) is 5.06 Å². The Labute approximate surface area is 179 Å². The number of carbonyl (C=O) groups is 2. The summed E-state index contributed by atoms with van der Waals surface area (Å²) in [7, 11) is 1.48. The average Bonchev–Trinajstić information content (AvgIpc) is 3.15. The van der Waals surface area contributed by atoms with E-state index in [-0.39, 0.29) is 6.42 Å². The second-order valence-corrected chi connectivity index (χ2v) is 7.56.